The molecule has 0 aliphatic heterocycles. The molecule has 3 heteroatoms. The van der Waals surface area contributed by atoms with Crippen molar-refractivity contribution in [2.75, 3.05) is 0 Å². The molecule has 2 saturated carbocycles. The van der Waals surface area contributed by atoms with Gasteiger partial charge < -0.3 is 9.47 Å². The van der Waals surface area contributed by atoms with Crippen LogP contribution in [0.15, 0.2) is 0 Å². The minimum atomic E-state index is 0.0487. The summed E-state index contributed by atoms with van der Waals surface area (Å²) in [6.07, 6.45) is 9.18. The van der Waals surface area contributed by atoms with Gasteiger partial charge in [0.05, 0.1) is 18.1 Å². The first kappa shape index (κ1) is 19.5. The van der Waals surface area contributed by atoms with Gasteiger partial charge in [-0.25, -0.2) is 0 Å². The van der Waals surface area contributed by atoms with Crippen molar-refractivity contribution in [2.45, 2.75) is 104 Å². The quantitative estimate of drug-likeness (QED) is 0.676. The van der Waals surface area contributed by atoms with Crippen molar-refractivity contribution in [3.05, 3.63) is 0 Å². The number of hydrogen-bond donors (Lipinski definition) is 0. The van der Waals surface area contributed by atoms with Gasteiger partial charge in [0.1, 0.15) is 6.10 Å². The maximum atomic E-state index is 12.2. The molecule has 2 rings (SSSR count). The van der Waals surface area contributed by atoms with E-state index in [1.54, 1.807) is 0 Å². The molecule has 0 bridgehead atoms. The predicted molar refractivity (Wildman–Crippen MR) is 90.8 cm³/mol. The molecule has 0 saturated heterocycles. The second-order valence-electron chi connectivity index (χ2n) is 6.98. The summed E-state index contributed by atoms with van der Waals surface area (Å²) in [4.78, 5) is 12.2. The summed E-state index contributed by atoms with van der Waals surface area (Å²) < 4.78 is 11.5. The van der Waals surface area contributed by atoms with E-state index >= 15 is 0 Å². The molecule has 0 heterocycles. The second-order valence-corrected chi connectivity index (χ2v) is 6.98. The van der Waals surface area contributed by atoms with Crippen LogP contribution in [0.2, 0.25) is 0 Å². The zero-order valence-electron chi connectivity index (χ0n) is 15.3. The number of carbonyl (C=O) groups excluding carboxylic acids is 1. The Balaban J connectivity index is 0.00000116. The lowest BCUT2D eigenvalue weighted by molar-refractivity contribution is -0.158. The third-order valence-electron chi connectivity index (χ3n) is 4.72. The van der Waals surface area contributed by atoms with E-state index in [1.165, 1.54) is 12.8 Å². The van der Waals surface area contributed by atoms with Crippen LogP contribution in [0.3, 0.4) is 0 Å². The molecule has 0 unspecified atom stereocenters. The smallest absolute Gasteiger partial charge is 0.309 e. The van der Waals surface area contributed by atoms with Crippen molar-refractivity contribution in [1.29, 1.82) is 0 Å². The van der Waals surface area contributed by atoms with E-state index < -0.39 is 0 Å². The molecule has 2 aliphatic carbocycles. The van der Waals surface area contributed by atoms with E-state index in [1.807, 2.05) is 13.8 Å². The minimum absolute atomic E-state index is 0.0487. The highest BCUT2D eigenvalue weighted by Crippen LogP contribution is 2.30. The monoisotopic (exact) mass is 312 g/mol. The molecule has 0 atom stereocenters. The fourth-order valence-electron chi connectivity index (χ4n) is 3.43. The summed E-state index contributed by atoms with van der Waals surface area (Å²) in [5.74, 6) is 0.961. The van der Waals surface area contributed by atoms with E-state index in [2.05, 4.69) is 20.8 Å². The summed E-state index contributed by atoms with van der Waals surface area (Å²) in [7, 11) is 0. The number of carbonyl (C=O) groups is 1. The molecule has 130 valence electrons. The molecule has 0 aromatic heterocycles. The van der Waals surface area contributed by atoms with Gasteiger partial charge in [-0.3, -0.25) is 4.79 Å². The molecule has 2 fully saturated rings. The maximum Gasteiger partial charge on any atom is 0.309 e. The Labute approximate surface area is 137 Å². The van der Waals surface area contributed by atoms with Crippen molar-refractivity contribution in [3.8, 4) is 0 Å². The fourth-order valence-corrected chi connectivity index (χ4v) is 3.43. The average molecular weight is 312 g/mol. The molecule has 2 aliphatic rings. The summed E-state index contributed by atoms with van der Waals surface area (Å²) in [5.41, 5.74) is 0. The highest BCUT2D eigenvalue weighted by Gasteiger charge is 2.30. The SMILES string of the molecule is CC.CC1CCC(OC(=O)C2CCC(OC(C)C)CC2)CC1. The highest BCUT2D eigenvalue weighted by molar-refractivity contribution is 5.72. The van der Waals surface area contributed by atoms with Crippen LogP contribution >= 0.6 is 0 Å². The zero-order valence-corrected chi connectivity index (χ0v) is 15.3. The van der Waals surface area contributed by atoms with Crippen LogP contribution in [0.5, 0.6) is 0 Å². The van der Waals surface area contributed by atoms with Crippen LogP contribution in [0.1, 0.15) is 86.0 Å². The standard InChI is InChI=1S/C17H30O3.C2H6/c1-12(2)19-15-10-6-14(7-11-15)17(18)20-16-8-4-13(3)5-9-16;1-2/h12-16H,4-11H2,1-3H3;1-2H3. The fraction of sp³-hybridized carbons (Fsp3) is 0.947. The molecule has 22 heavy (non-hydrogen) atoms. The van der Waals surface area contributed by atoms with Gasteiger partial charge in [0, 0.05) is 0 Å². The Kier molecular flexibility index (Phi) is 9.08. The van der Waals surface area contributed by atoms with Gasteiger partial charge >= 0.3 is 5.97 Å². The Morgan fingerprint density at radius 1 is 0.864 bits per heavy atom. The maximum absolute atomic E-state index is 12.2. The molecule has 3 nitrogen and oxygen atoms in total. The first-order chi connectivity index (χ1) is 10.5. The second kappa shape index (κ2) is 10.3. The Morgan fingerprint density at radius 2 is 1.36 bits per heavy atom. The highest BCUT2D eigenvalue weighted by atomic mass is 16.5. The summed E-state index contributed by atoms with van der Waals surface area (Å²) >= 11 is 0. The molecular weight excluding hydrogens is 276 g/mol. The van der Waals surface area contributed by atoms with Crippen LogP contribution < -0.4 is 0 Å². The van der Waals surface area contributed by atoms with E-state index in [9.17, 15) is 4.79 Å². The van der Waals surface area contributed by atoms with Gasteiger partial charge in [-0.1, -0.05) is 20.8 Å². The van der Waals surface area contributed by atoms with Crippen LogP contribution in [-0.2, 0) is 14.3 Å². The number of ether oxygens (including phenoxy) is 2. The largest absolute Gasteiger partial charge is 0.462 e. The predicted octanol–water partition coefficient (Wildman–Crippen LogP) is 5.12. The van der Waals surface area contributed by atoms with Crippen LogP contribution in [0, 0.1) is 11.8 Å². The van der Waals surface area contributed by atoms with Crippen molar-refractivity contribution >= 4 is 5.97 Å². The van der Waals surface area contributed by atoms with Crippen LogP contribution in [0.25, 0.3) is 0 Å². The summed E-state index contributed by atoms with van der Waals surface area (Å²) in [5, 5.41) is 0. The van der Waals surface area contributed by atoms with Crippen LogP contribution in [0.4, 0.5) is 0 Å². The lowest BCUT2D eigenvalue weighted by atomic mass is 9.86. The number of esters is 1. The van der Waals surface area contributed by atoms with Gasteiger partial charge in [-0.2, -0.15) is 0 Å². The first-order valence-electron chi connectivity index (χ1n) is 9.40. The Bertz CT molecular complexity index is 298. The summed E-state index contributed by atoms with van der Waals surface area (Å²) in [6.45, 7) is 10.4. The topological polar surface area (TPSA) is 35.5 Å². The number of rotatable bonds is 4. The van der Waals surface area contributed by atoms with Crippen LogP contribution in [-0.4, -0.2) is 24.3 Å². The van der Waals surface area contributed by atoms with Gasteiger partial charge in [0.25, 0.3) is 0 Å². The Hall–Kier alpha value is -0.570. The van der Waals surface area contributed by atoms with Gasteiger partial charge in [0.15, 0.2) is 0 Å². The number of hydrogen-bond acceptors (Lipinski definition) is 3. The molecule has 0 spiro atoms. The first-order valence-corrected chi connectivity index (χ1v) is 9.40. The van der Waals surface area contributed by atoms with Crippen molar-refractivity contribution in [3.63, 3.8) is 0 Å². The van der Waals surface area contributed by atoms with Gasteiger partial charge in [-0.15, -0.1) is 0 Å². The van der Waals surface area contributed by atoms with Crippen molar-refractivity contribution < 1.29 is 14.3 Å². The van der Waals surface area contributed by atoms with E-state index in [0.717, 1.165) is 44.4 Å². The normalized spacial score (nSPS) is 32.1. The summed E-state index contributed by atoms with van der Waals surface area (Å²) in [6, 6.07) is 0. The molecule has 0 aromatic carbocycles. The van der Waals surface area contributed by atoms with E-state index in [4.69, 9.17) is 9.47 Å². The lowest BCUT2D eigenvalue weighted by Crippen LogP contribution is -2.32. The van der Waals surface area contributed by atoms with E-state index in [-0.39, 0.29) is 24.1 Å². The molecule has 0 amide bonds. The Morgan fingerprint density at radius 3 is 1.86 bits per heavy atom. The van der Waals surface area contributed by atoms with E-state index in [0.29, 0.717) is 6.10 Å². The van der Waals surface area contributed by atoms with Gasteiger partial charge in [-0.05, 0) is 71.1 Å². The third kappa shape index (κ3) is 6.68. The lowest BCUT2D eigenvalue weighted by Gasteiger charge is -2.31. The van der Waals surface area contributed by atoms with Crippen molar-refractivity contribution in [1.82, 2.24) is 0 Å². The molecule has 0 N–H and O–H groups in total. The molecule has 0 radical (unpaired) electrons. The average Bonchev–Trinajstić information content (AvgIpc) is 2.51. The molecule has 0 aromatic rings. The van der Waals surface area contributed by atoms with Gasteiger partial charge in [0.2, 0.25) is 0 Å². The third-order valence-corrected chi connectivity index (χ3v) is 4.72. The zero-order chi connectivity index (χ0) is 16.5. The molecular formula is C19H36O3. The minimum Gasteiger partial charge on any atom is -0.462 e. The van der Waals surface area contributed by atoms with Crippen molar-refractivity contribution in [2.24, 2.45) is 11.8 Å².